The molecule has 18 heavy (non-hydrogen) atoms. The fraction of sp³-hybridized carbons (Fsp3) is 0.385. The van der Waals surface area contributed by atoms with Crippen molar-refractivity contribution in [2.45, 2.75) is 32.2 Å². The Bertz CT molecular complexity index is 465. The van der Waals surface area contributed by atoms with Gasteiger partial charge in [-0.05, 0) is 18.6 Å². The van der Waals surface area contributed by atoms with Crippen molar-refractivity contribution in [3.63, 3.8) is 0 Å². The van der Waals surface area contributed by atoms with Crippen molar-refractivity contribution in [1.82, 2.24) is 20.4 Å². The summed E-state index contributed by atoms with van der Waals surface area (Å²) in [6.45, 7) is 2.17. The van der Waals surface area contributed by atoms with E-state index in [1.807, 2.05) is 35.0 Å². The third kappa shape index (κ3) is 2.75. The van der Waals surface area contributed by atoms with Crippen LogP contribution in [-0.4, -0.2) is 15.0 Å². The highest BCUT2D eigenvalue weighted by Gasteiger charge is 2.16. The summed E-state index contributed by atoms with van der Waals surface area (Å²) in [4.78, 5) is 0. The van der Waals surface area contributed by atoms with Crippen LogP contribution >= 0.6 is 0 Å². The highest BCUT2D eigenvalue weighted by atomic mass is 15.4. The topological polar surface area (TPSA) is 68.8 Å². The lowest BCUT2D eigenvalue weighted by Crippen LogP contribution is -2.29. The molecule has 1 aromatic carbocycles. The van der Waals surface area contributed by atoms with Crippen LogP contribution in [0.5, 0.6) is 0 Å². The van der Waals surface area contributed by atoms with Crippen LogP contribution in [0.2, 0.25) is 0 Å². The van der Waals surface area contributed by atoms with Gasteiger partial charge in [0.1, 0.15) is 0 Å². The zero-order chi connectivity index (χ0) is 12.8. The molecule has 0 aliphatic heterocycles. The van der Waals surface area contributed by atoms with Crippen LogP contribution in [0.25, 0.3) is 5.69 Å². The summed E-state index contributed by atoms with van der Waals surface area (Å²) < 4.78 is 1.83. The normalized spacial score (nSPS) is 12.6. The Labute approximate surface area is 107 Å². The average Bonchev–Trinajstić information content (AvgIpc) is 2.90. The third-order valence-corrected chi connectivity index (χ3v) is 2.98. The number of hydrogen-bond acceptors (Lipinski definition) is 4. The minimum absolute atomic E-state index is 0.0835. The standard InChI is InChI=1S/C13H19N5/c1-2-3-9-12(16-14)13-10-15-17-18(13)11-7-5-4-6-8-11/h4-8,10,12,16H,2-3,9,14H2,1H3. The van der Waals surface area contributed by atoms with E-state index in [4.69, 9.17) is 5.84 Å². The summed E-state index contributed by atoms with van der Waals surface area (Å²) in [5.74, 6) is 5.63. The molecule has 1 unspecified atom stereocenters. The van der Waals surface area contributed by atoms with E-state index in [-0.39, 0.29) is 6.04 Å². The number of unbranched alkanes of at least 4 members (excludes halogenated alkanes) is 1. The SMILES string of the molecule is CCCCC(NN)c1cnnn1-c1ccccc1. The van der Waals surface area contributed by atoms with Gasteiger partial charge < -0.3 is 0 Å². The van der Waals surface area contributed by atoms with E-state index in [9.17, 15) is 0 Å². The van der Waals surface area contributed by atoms with E-state index in [0.717, 1.165) is 30.6 Å². The molecule has 0 spiro atoms. The summed E-state index contributed by atoms with van der Waals surface area (Å²) in [6.07, 6.45) is 5.01. The maximum Gasteiger partial charge on any atom is 0.0828 e. The fourth-order valence-electron chi connectivity index (χ4n) is 1.98. The molecule has 96 valence electrons. The van der Waals surface area contributed by atoms with Gasteiger partial charge in [0.15, 0.2) is 0 Å². The van der Waals surface area contributed by atoms with E-state index < -0.39 is 0 Å². The molecule has 5 heteroatoms. The number of nitrogens with two attached hydrogens (primary N) is 1. The van der Waals surface area contributed by atoms with E-state index >= 15 is 0 Å². The van der Waals surface area contributed by atoms with Gasteiger partial charge in [-0.2, -0.15) is 0 Å². The first kappa shape index (κ1) is 12.7. The third-order valence-electron chi connectivity index (χ3n) is 2.98. The second kappa shape index (κ2) is 6.28. The second-order valence-electron chi connectivity index (χ2n) is 4.27. The van der Waals surface area contributed by atoms with Crippen molar-refractivity contribution < 1.29 is 0 Å². The van der Waals surface area contributed by atoms with Crippen molar-refractivity contribution in [3.05, 3.63) is 42.2 Å². The van der Waals surface area contributed by atoms with Crippen LogP contribution in [0, 0.1) is 0 Å². The van der Waals surface area contributed by atoms with Crippen molar-refractivity contribution in [3.8, 4) is 5.69 Å². The zero-order valence-electron chi connectivity index (χ0n) is 10.6. The maximum absolute atomic E-state index is 5.63. The molecule has 3 N–H and O–H groups in total. The first-order chi connectivity index (χ1) is 8.86. The predicted octanol–water partition coefficient (Wildman–Crippen LogP) is 1.96. The predicted molar refractivity (Wildman–Crippen MR) is 70.9 cm³/mol. The molecule has 2 rings (SSSR count). The van der Waals surface area contributed by atoms with Gasteiger partial charge in [-0.15, -0.1) is 5.10 Å². The van der Waals surface area contributed by atoms with Gasteiger partial charge in [0.2, 0.25) is 0 Å². The summed E-state index contributed by atoms with van der Waals surface area (Å²) in [5, 5.41) is 8.13. The Morgan fingerprint density at radius 2 is 2.11 bits per heavy atom. The molecule has 0 aliphatic carbocycles. The number of aromatic nitrogens is 3. The zero-order valence-corrected chi connectivity index (χ0v) is 10.6. The van der Waals surface area contributed by atoms with Crippen LogP contribution < -0.4 is 11.3 Å². The molecule has 0 saturated heterocycles. The van der Waals surface area contributed by atoms with Gasteiger partial charge >= 0.3 is 0 Å². The first-order valence-electron chi connectivity index (χ1n) is 6.29. The van der Waals surface area contributed by atoms with E-state index in [1.165, 1.54) is 0 Å². The van der Waals surface area contributed by atoms with Gasteiger partial charge in [-0.25, -0.2) is 4.68 Å². The van der Waals surface area contributed by atoms with Crippen LogP contribution in [0.3, 0.4) is 0 Å². The molecule has 1 aromatic heterocycles. The van der Waals surface area contributed by atoms with Gasteiger partial charge in [0.05, 0.1) is 23.6 Å². The number of para-hydroxylation sites is 1. The maximum atomic E-state index is 5.63. The van der Waals surface area contributed by atoms with Crippen molar-refractivity contribution in [2.24, 2.45) is 5.84 Å². The summed E-state index contributed by atoms with van der Waals surface area (Å²) >= 11 is 0. The smallest absolute Gasteiger partial charge is 0.0828 e. The Morgan fingerprint density at radius 3 is 2.78 bits per heavy atom. The largest absolute Gasteiger partial charge is 0.271 e. The Hall–Kier alpha value is -1.72. The summed E-state index contributed by atoms with van der Waals surface area (Å²) in [5.41, 5.74) is 4.85. The minimum atomic E-state index is 0.0835. The van der Waals surface area contributed by atoms with Gasteiger partial charge in [-0.3, -0.25) is 11.3 Å². The number of rotatable bonds is 6. The number of hydrogen-bond donors (Lipinski definition) is 2. The quantitative estimate of drug-likeness (QED) is 0.603. The molecule has 0 fully saturated rings. The Morgan fingerprint density at radius 1 is 1.33 bits per heavy atom. The lowest BCUT2D eigenvalue weighted by molar-refractivity contribution is 0.473. The lowest BCUT2D eigenvalue weighted by Gasteiger charge is -2.16. The molecule has 0 radical (unpaired) electrons. The van der Waals surface area contributed by atoms with Crippen molar-refractivity contribution in [1.29, 1.82) is 0 Å². The molecule has 0 saturated carbocycles. The molecule has 5 nitrogen and oxygen atoms in total. The highest BCUT2D eigenvalue weighted by molar-refractivity contribution is 5.32. The van der Waals surface area contributed by atoms with E-state index in [1.54, 1.807) is 6.20 Å². The molecular formula is C13H19N5. The average molecular weight is 245 g/mol. The summed E-state index contributed by atoms with van der Waals surface area (Å²) in [6, 6.07) is 10.0. The highest BCUT2D eigenvalue weighted by Crippen LogP contribution is 2.20. The van der Waals surface area contributed by atoms with Crippen molar-refractivity contribution >= 4 is 0 Å². The van der Waals surface area contributed by atoms with Crippen LogP contribution in [0.4, 0.5) is 0 Å². The number of benzene rings is 1. The molecule has 2 aromatic rings. The second-order valence-corrected chi connectivity index (χ2v) is 4.27. The summed E-state index contributed by atoms with van der Waals surface area (Å²) in [7, 11) is 0. The number of hydrazine groups is 1. The number of nitrogens with one attached hydrogen (secondary N) is 1. The number of nitrogens with zero attached hydrogens (tertiary/aromatic N) is 3. The van der Waals surface area contributed by atoms with Crippen LogP contribution in [0.1, 0.15) is 37.9 Å². The monoisotopic (exact) mass is 245 g/mol. The van der Waals surface area contributed by atoms with E-state index in [0.29, 0.717) is 0 Å². The molecule has 1 heterocycles. The molecule has 0 amide bonds. The first-order valence-corrected chi connectivity index (χ1v) is 6.29. The molecule has 0 bridgehead atoms. The lowest BCUT2D eigenvalue weighted by atomic mass is 10.1. The molecule has 1 atom stereocenters. The Balaban J connectivity index is 2.26. The van der Waals surface area contributed by atoms with Crippen LogP contribution in [0.15, 0.2) is 36.5 Å². The minimum Gasteiger partial charge on any atom is -0.271 e. The van der Waals surface area contributed by atoms with Crippen LogP contribution in [-0.2, 0) is 0 Å². The molecular weight excluding hydrogens is 226 g/mol. The Kier molecular flexibility index (Phi) is 4.44. The fourth-order valence-corrected chi connectivity index (χ4v) is 1.98. The van der Waals surface area contributed by atoms with E-state index in [2.05, 4.69) is 22.7 Å². The van der Waals surface area contributed by atoms with Gasteiger partial charge in [0, 0.05) is 0 Å². The molecule has 0 aliphatic rings. The van der Waals surface area contributed by atoms with Gasteiger partial charge in [0.25, 0.3) is 0 Å². The van der Waals surface area contributed by atoms with Gasteiger partial charge in [-0.1, -0.05) is 43.2 Å². The van der Waals surface area contributed by atoms with Crippen molar-refractivity contribution in [2.75, 3.05) is 0 Å².